The molecule has 0 spiro atoms. The summed E-state index contributed by atoms with van der Waals surface area (Å²) in [6, 6.07) is 27.5. The Morgan fingerprint density at radius 3 is 2.34 bits per heavy atom. The topological polar surface area (TPSA) is 99.3 Å². The Morgan fingerprint density at radius 2 is 1.58 bits per heavy atom. The van der Waals surface area contributed by atoms with Crippen LogP contribution in [-0.2, 0) is 30.3 Å². The van der Waals surface area contributed by atoms with Crippen LogP contribution in [0, 0.1) is 0 Å². The molecule has 8 nitrogen and oxygen atoms in total. The van der Waals surface area contributed by atoms with E-state index in [1.807, 2.05) is 23.9 Å². The SMILES string of the molecule is CC1(C)C(/C=C/C2=C(Sc3ccccc3)C(=C/C=C3/N(CCCS(=O)(=O)O)c4ccccc4C3(C)C)/CCC2)=[N+](CCCSOOO)c2ccccc21. The van der Waals surface area contributed by atoms with Crippen molar-refractivity contribution in [3.63, 3.8) is 0 Å². The summed E-state index contributed by atoms with van der Waals surface area (Å²) in [5.41, 5.74) is 9.23. The summed E-state index contributed by atoms with van der Waals surface area (Å²) in [4.78, 5) is 4.67. The zero-order chi connectivity index (χ0) is 37.6. The average molecular weight is 774 g/mol. The van der Waals surface area contributed by atoms with Gasteiger partial charge in [0.25, 0.3) is 10.1 Å². The molecule has 0 atom stereocenters. The van der Waals surface area contributed by atoms with Gasteiger partial charge in [-0.15, -0.1) is 4.33 Å². The van der Waals surface area contributed by atoms with Gasteiger partial charge in [0.1, 0.15) is 6.54 Å². The van der Waals surface area contributed by atoms with Crippen molar-refractivity contribution in [2.24, 2.45) is 0 Å². The lowest BCUT2D eigenvalue weighted by Crippen LogP contribution is -2.28. The molecule has 11 heteroatoms. The monoisotopic (exact) mass is 773 g/mol. The maximum atomic E-state index is 11.6. The Balaban J connectivity index is 1.40. The molecule has 0 unspecified atom stereocenters. The zero-order valence-corrected chi connectivity index (χ0v) is 33.3. The van der Waals surface area contributed by atoms with E-state index in [2.05, 4.69) is 138 Å². The molecule has 0 fully saturated rings. The fraction of sp³-hybridized carbons (Fsp3) is 0.357. The van der Waals surface area contributed by atoms with Gasteiger partial charge in [0.15, 0.2) is 5.71 Å². The largest absolute Gasteiger partial charge is 0.344 e. The Hall–Kier alpha value is -3.42. The Morgan fingerprint density at radius 1 is 0.868 bits per heavy atom. The molecule has 0 saturated heterocycles. The highest BCUT2D eigenvalue weighted by molar-refractivity contribution is 8.03. The molecule has 0 radical (unpaired) electrons. The first-order chi connectivity index (χ1) is 25.4. The van der Waals surface area contributed by atoms with Crippen LogP contribution in [0.15, 0.2) is 130 Å². The number of fused-ring (bicyclic) bond motifs is 2. The van der Waals surface area contributed by atoms with Crippen molar-refractivity contribution in [1.29, 1.82) is 0 Å². The van der Waals surface area contributed by atoms with Crippen LogP contribution >= 0.6 is 23.8 Å². The molecular formula is C42H49N2O6S3+. The Kier molecular flexibility index (Phi) is 12.6. The zero-order valence-electron chi connectivity index (χ0n) is 30.8. The Bertz CT molecular complexity index is 2070. The van der Waals surface area contributed by atoms with Crippen molar-refractivity contribution in [2.45, 2.75) is 75.5 Å². The maximum absolute atomic E-state index is 11.6. The van der Waals surface area contributed by atoms with Crippen LogP contribution in [0.1, 0.15) is 70.9 Å². The van der Waals surface area contributed by atoms with Crippen molar-refractivity contribution in [1.82, 2.24) is 0 Å². The summed E-state index contributed by atoms with van der Waals surface area (Å²) in [6.45, 7) is 10.3. The lowest BCUT2D eigenvalue weighted by molar-refractivity contribution is -0.438. The van der Waals surface area contributed by atoms with Crippen molar-refractivity contribution in [3.05, 3.63) is 136 Å². The summed E-state index contributed by atoms with van der Waals surface area (Å²) in [7, 11) is -4.06. The van der Waals surface area contributed by atoms with Crippen LogP contribution in [0.3, 0.4) is 0 Å². The highest BCUT2D eigenvalue weighted by atomic mass is 32.2. The molecule has 2 heterocycles. The Labute approximate surface area is 322 Å². The molecule has 3 aromatic carbocycles. The molecule has 2 N–H and O–H groups in total. The number of benzene rings is 3. The quantitative estimate of drug-likeness (QED) is 0.0391. The third kappa shape index (κ3) is 8.94. The van der Waals surface area contributed by atoms with Crippen LogP contribution in [0.25, 0.3) is 0 Å². The van der Waals surface area contributed by atoms with Crippen LogP contribution < -0.4 is 4.90 Å². The summed E-state index contributed by atoms with van der Waals surface area (Å²) < 4.78 is 39.7. The van der Waals surface area contributed by atoms with Gasteiger partial charge in [-0.2, -0.15) is 13.0 Å². The number of nitrogens with zero attached hydrogens (tertiary/aromatic N) is 2. The van der Waals surface area contributed by atoms with Gasteiger partial charge in [0, 0.05) is 75.1 Å². The first-order valence-electron chi connectivity index (χ1n) is 18.1. The third-order valence-corrected chi connectivity index (χ3v) is 13.0. The molecule has 53 heavy (non-hydrogen) atoms. The molecular weight excluding hydrogens is 725 g/mol. The lowest BCUT2D eigenvalue weighted by Gasteiger charge is -2.27. The van der Waals surface area contributed by atoms with Gasteiger partial charge in [-0.1, -0.05) is 97.4 Å². The minimum Gasteiger partial charge on any atom is -0.344 e. The molecule has 0 bridgehead atoms. The van der Waals surface area contributed by atoms with Crippen molar-refractivity contribution >= 4 is 51.0 Å². The van der Waals surface area contributed by atoms with E-state index in [1.165, 1.54) is 43.5 Å². The first-order valence-corrected chi connectivity index (χ1v) is 21.5. The highest BCUT2D eigenvalue weighted by Crippen LogP contribution is 2.48. The van der Waals surface area contributed by atoms with Gasteiger partial charge in [-0.3, -0.25) is 4.55 Å². The predicted octanol–water partition coefficient (Wildman–Crippen LogP) is 10.2. The molecule has 6 rings (SSSR count). The van der Waals surface area contributed by atoms with Crippen LogP contribution in [0.5, 0.6) is 0 Å². The molecule has 0 amide bonds. The molecule has 0 aromatic heterocycles. The number of rotatable bonds is 15. The van der Waals surface area contributed by atoms with E-state index in [0.29, 0.717) is 18.7 Å². The van der Waals surface area contributed by atoms with Gasteiger partial charge in [0.2, 0.25) is 5.69 Å². The van der Waals surface area contributed by atoms with Crippen molar-refractivity contribution < 1.29 is 32.2 Å². The van der Waals surface area contributed by atoms with E-state index in [9.17, 15) is 13.0 Å². The van der Waals surface area contributed by atoms with E-state index in [4.69, 9.17) is 5.26 Å². The third-order valence-electron chi connectivity index (χ3n) is 10.4. The molecule has 0 saturated carbocycles. The fourth-order valence-electron chi connectivity index (χ4n) is 7.82. The molecule has 1 aliphatic carbocycles. The predicted molar refractivity (Wildman–Crippen MR) is 217 cm³/mol. The number of anilines is 1. The van der Waals surface area contributed by atoms with E-state index >= 15 is 0 Å². The van der Waals surface area contributed by atoms with E-state index in [1.54, 1.807) is 0 Å². The average Bonchev–Trinajstić information content (AvgIpc) is 3.48. The van der Waals surface area contributed by atoms with Gasteiger partial charge in [-0.05, 0) is 80.5 Å². The highest BCUT2D eigenvalue weighted by Gasteiger charge is 2.44. The number of hydrogen-bond donors (Lipinski definition) is 2. The van der Waals surface area contributed by atoms with Crippen LogP contribution in [0.2, 0.25) is 0 Å². The van der Waals surface area contributed by atoms with Crippen molar-refractivity contribution in [3.8, 4) is 0 Å². The van der Waals surface area contributed by atoms with Crippen LogP contribution in [-0.4, -0.2) is 53.1 Å². The summed E-state index contributed by atoms with van der Waals surface area (Å²) in [5.74, 6) is 0.393. The fourth-order valence-corrected chi connectivity index (χ4v) is 9.81. The normalized spacial score (nSPS) is 19.5. The lowest BCUT2D eigenvalue weighted by atomic mass is 9.81. The second-order valence-electron chi connectivity index (χ2n) is 14.6. The molecule has 280 valence electrons. The molecule has 2 aliphatic heterocycles. The minimum absolute atomic E-state index is 0.197. The second-order valence-corrected chi connectivity index (χ2v) is 18.1. The number of hydrogen-bond acceptors (Lipinski definition) is 8. The number of allylic oxidation sites excluding steroid dienone is 7. The number of thioether (sulfide) groups is 1. The van der Waals surface area contributed by atoms with Crippen LogP contribution in [0.4, 0.5) is 11.4 Å². The number of para-hydroxylation sites is 2. The smallest absolute Gasteiger partial charge is 0.264 e. The second kappa shape index (κ2) is 16.9. The standard InChI is InChI=1S/C42H48N2O6S3/c1-41(2)34-19-8-10-21-36(34)43(27-13-29-51-50-49-45)38(41)25-23-31-15-12-16-32(40(31)52-33-17-6-5-7-18-33)24-26-39-42(3,4)35-20-9-11-22-37(35)44(39)28-14-30-53(46,47)48/h5-11,17-26H,12-16,27-30H2,1-4H3,(H-,45,46,47,48)/p+1. The summed E-state index contributed by atoms with van der Waals surface area (Å²) >= 11 is 2.90. The molecule has 3 aromatic rings. The van der Waals surface area contributed by atoms with Gasteiger partial charge in [-0.25, -0.2) is 5.26 Å². The van der Waals surface area contributed by atoms with Gasteiger partial charge in [0.05, 0.1) is 11.2 Å². The van der Waals surface area contributed by atoms with Crippen molar-refractivity contribution in [2.75, 3.05) is 29.5 Å². The first kappa shape index (κ1) is 39.3. The van der Waals surface area contributed by atoms with E-state index in [0.717, 1.165) is 55.7 Å². The summed E-state index contributed by atoms with van der Waals surface area (Å²) in [5, 5.41) is 12.3. The minimum atomic E-state index is -4.06. The molecule has 3 aliphatic rings. The van der Waals surface area contributed by atoms with Gasteiger partial charge >= 0.3 is 0 Å². The summed E-state index contributed by atoms with van der Waals surface area (Å²) in [6.07, 6.45) is 13.3. The van der Waals surface area contributed by atoms with Gasteiger partial charge < -0.3 is 4.90 Å². The van der Waals surface area contributed by atoms with E-state index < -0.39 is 10.1 Å². The maximum Gasteiger partial charge on any atom is 0.264 e. The van der Waals surface area contributed by atoms with E-state index in [-0.39, 0.29) is 16.6 Å².